The third-order valence-electron chi connectivity index (χ3n) is 5.22. The maximum Gasteiger partial charge on any atom is 0.297 e. The lowest BCUT2D eigenvalue weighted by Crippen LogP contribution is -2.27. The minimum Gasteiger partial charge on any atom is -0.350 e. The van der Waals surface area contributed by atoms with Crippen molar-refractivity contribution in [3.8, 4) is 0 Å². The second kappa shape index (κ2) is 10.2. The number of rotatable bonds is 8. The van der Waals surface area contributed by atoms with Gasteiger partial charge in [-0.25, -0.2) is 27.7 Å². The van der Waals surface area contributed by atoms with Crippen LogP contribution in [0.25, 0.3) is 0 Å². The van der Waals surface area contributed by atoms with Crippen LogP contribution >= 0.6 is 22.6 Å². The Bertz CT molecular complexity index is 1470. The zero-order chi connectivity index (χ0) is 26.2. The van der Waals surface area contributed by atoms with Crippen molar-refractivity contribution in [3.63, 3.8) is 0 Å². The SMILES string of the molecule is NS(=O)(=O)Nc1nccc(Cc2cc(C(=O)NC3CC3)c(Nc3ccc(I)cc3F)c(F)c2F)c1F. The standard InChI is InChI=1S/C22H18F4IN5O3S/c23-15-9-12(27)1-4-16(15)31-20-14(22(33)30-13-2-3-13)8-11(17(24)19(20)26)7-10-5-6-29-21(18(10)25)32-36(28,34)35/h1,4-6,8-9,13,31H,2-3,7H2,(H,29,32)(H,30,33)(H2,28,34,35). The summed E-state index contributed by atoms with van der Waals surface area (Å²) in [6, 6.07) is 6.08. The van der Waals surface area contributed by atoms with Crippen LogP contribution in [0.5, 0.6) is 0 Å². The van der Waals surface area contributed by atoms with E-state index in [-0.39, 0.29) is 22.9 Å². The molecule has 0 saturated heterocycles. The maximum atomic E-state index is 15.3. The first-order chi connectivity index (χ1) is 16.9. The molecule has 1 aliphatic rings. The number of aromatic nitrogens is 1. The van der Waals surface area contributed by atoms with Gasteiger partial charge in [-0.1, -0.05) is 0 Å². The lowest BCUT2D eigenvalue weighted by molar-refractivity contribution is 0.0951. The second-order valence-corrected chi connectivity index (χ2v) is 10.6. The number of hydrogen-bond acceptors (Lipinski definition) is 5. The maximum absolute atomic E-state index is 15.3. The smallest absolute Gasteiger partial charge is 0.297 e. The van der Waals surface area contributed by atoms with E-state index in [1.54, 1.807) is 4.72 Å². The summed E-state index contributed by atoms with van der Waals surface area (Å²) in [5.74, 6) is -6.22. The van der Waals surface area contributed by atoms with Gasteiger partial charge in [0.25, 0.3) is 16.1 Å². The minimum absolute atomic E-state index is 0.124. The molecule has 3 aromatic rings. The summed E-state index contributed by atoms with van der Waals surface area (Å²) in [6.07, 6.45) is 1.94. The van der Waals surface area contributed by atoms with E-state index in [0.29, 0.717) is 3.57 Å². The summed E-state index contributed by atoms with van der Waals surface area (Å²) < 4.78 is 84.3. The number of halogens is 5. The van der Waals surface area contributed by atoms with Crippen LogP contribution in [0.15, 0.2) is 36.5 Å². The number of nitrogens with one attached hydrogen (secondary N) is 3. The number of nitrogens with two attached hydrogens (primary N) is 1. The predicted molar refractivity (Wildman–Crippen MR) is 133 cm³/mol. The first kappa shape index (κ1) is 26.1. The summed E-state index contributed by atoms with van der Waals surface area (Å²) >= 11 is 1.88. The van der Waals surface area contributed by atoms with Gasteiger partial charge in [-0.15, -0.1) is 0 Å². The Morgan fingerprint density at radius 3 is 2.42 bits per heavy atom. The predicted octanol–water partition coefficient (Wildman–Crippen LogP) is 4.08. The van der Waals surface area contributed by atoms with Crippen molar-refractivity contribution < 1.29 is 30.8 Å². The Hall–Kier alpha value is -2.98. The molecule has 5 N–H and O–H groups in total. The number of amides is 1. The van der Waals surface area contributed by atoms with E-state index in [0.717, 1.165) is 31.2 Å². The van der Waals surface area contributed by atoms with Gasteiger partial charge in [-0.05, 0) is 76.9 Å². The van der Waals surface area contributed by atoms with Gasteiger partial charge in [0, 0.05) is 22.2 Å². The summed E-state index contributed by atoms with van der Waals surface area (Å²) in [6.45, 7) is 0. The number of carbonyl (C=O) groups is 1. The fraction of sp³-hybridized carbons (Fsp3) is 0.182. The molecule has 2 aromatic carbocycles. The van der Waals surface area contributed by atoms with Crippen LogP contribution in [0.2, 0.25) is 0 Å². The molecule has 0 aliphatic heterocycles. The Balaban J connectivity index is 1.76. The van der Waals surface area contributed by atoms with Crippen LogP contribution < -0.4 is 20.5 Å². The van der Waals surface area contributed by atoms with Gasteiger partial charge in [-0.3, -0.25) is 9.52 Å². The lowest BCUT2D eigenvalue weighted by Gasteiger charge is -2.17. The van der Waals surface area contributed by atoms with Crippen molar-refractivity contribution in [2.75, 3.05) is 10.0 Å². The van der Waals surface area contributed by atoms with Crippen LogP contribution in [0, 0.1) is 26.8 Å². The van der Waals surface area contributed by atoms with E-state index in [4.69, 9.17) is 5.14 Å². The van der Waals surface area contributed by atoms with Gasteiger partial charge in [-0.2, -0.15) is 8.42 Å². The van der Waals surface area contributed by atoms with E-state index in [1.807, 2.05) is 22.6 Å². The fourth-order valence-corrected chi connectivity index (χ4v) is 4.22. The monoisotopic (exact) mass is 635 g/mol. The molecular weight excluding hydrogens is 617 g/mol. The highest BCUT2D eigenvalue weighted by Gasteiger charge is 2.29. The molecule has 14 heteroatoms. The average Bonchev–Trinajstić information content (AvgIpc) is 3.60. The first-order valence-electron chi connectivity index (χ1n) is 10.4. The third-order valence-corrected chi connectivity index (χ3v) is 6.37. The van der Waals surface area contributed by atoms with E-state index < -0.39 is 62.9 Å². The number of pyridine rings is 1. The van der Waals surface area contributed by atoms with Gasteiger partial charge in [0.2, 0.25) is 0 Å². The highest BCUT2D eigenvalue weighted by Crippen LogP contribution is 2.33. The molecule has 36 heavy (non-hydrogen) atoms. The molecule has 4 rings (SSSR count). The van der Waals surface area contributed by atoms with Crippen molar-refractivity contribution in [1.29, 1.82) is 0 Å². The van der Waals surface area contributed by atoms with Crippen molar-refractivity contribution in [3.05, 3.63) is 80.1 Å². The number of nitrogens with zero attached hydrogens (tertiary/aromatic N) is 1. The van der Waals surface area contributed by atoms with Crippen LogP contribution in [-0.4, -0.2) is 25.4 Å². The van der Waals surface area contributed by atoms with Crippen LogP contribution in [0.4, 0.5) is 34.8 Å². The largest absolute Gasteiger partial charge is 0.350 e. The molecule has 1 fully saturated rings. The summed E-state index contributed by atoms with van der Waals surface area (Å²) in [4.78, 5) is 16.4. The molecule has 1 heterocycles. The molecule has 0 radical (unpaired) electrons. The van der Waals surface area contributed by atoms with Gasteiger partial charge < -0.3 is 10.6 Å². The molecule has 0 spiro atoms. The normalized spacial score (nSPS) is 13.4. The average molecular weight is 635 g/mol. The summed E-state index contributed by atoms with van der Waals surface area (Å²) in [7, 11) is -4.35. The molecule has 1 aromatic heterocycles. The molecule has 0 unspecified atom stereocenters. The molecule has 8 nitrogen and oxygen atoms in total. The number of anilines is 3. The van der Waals surface area contributed by atoms with Gasteiger partial charge in [0.15, 0.2) is 23.3 Å². The van der Waals surface area contributed by atoms with Crippen LogP contribution in [0.1, 0.15) is 34.3 Å². The molecule has 1 aliphatic carbocycles. The summed E-state index contributed by atoms with van der Waals surface area (Å²) in [5, 5.41) is 9.97. The zero-order valence-corrected chi connectivity index (χ0v) is 21.2. The Labute approximate surface area is 217 Å². The van der Waals surface area contributed by atoms with Crippen LogP contribution in [-0.2, 0) is 16.6 Å². The highest BCUT2D eigenvalue weighted by atomic mass is 127. The van der Waals surface area contributed by atoms with Crippen molar-refractivity contribution in [1.82, 2.24) is 10.3 Å². The molecular formula is C22H18F4IN5O3S. The third kappa shape index (κ3) is 6.04. The van der Waals surface area contributed by atoms with E-state index >= 15 is 8.78 Å². The molecule has 0 atom stereocenters. The fourth-order valence-electron chi connectivity index (χ4n) is 3.36. The van der Waals surface area contributed by atoms with Crippen LogP contribution in [0.3, 0.4) is 0 Å². The van der Waals surface area contributed by atoms with Crippen molar-refractivity contribution in [2.45, 2.75) is 25.3 Å². The summed E-state index contributed by atoms with van der Waals surface area (Å²) in [5.41, 5.74) is -1.71. The van der Waals surface area contributed by atoms with Crippen molar-refractivity contribution >= 4 is 55.9 Å². The van der Waals surface area contributed by atoms with Gasteiger partial charge in [0.1, 0.15) is 5.82 Å². The Morgan fingerprint density at radius 2 is 1.78 bits per heavy atom. The molecule has 1 saturated carbocycles. The number of carbonyl (C=O) groups excluding carboxylic acids is 1. The zero-order valence-electron chi connectivity index (χ0n) is 18.2. The van der Waals surface area contributed by atoms with Gasteiger partial charge >= 0.3 is 0 Å². The Kier molecular flexibility index (Phi) is 7.38. The van der Waals surface area contributed by atoms with E-state index in [9.17, 15) is 22.0 Å². The second-order valence-electron chi connectivity index (χ2n) is 8.04. The highest BCUT2D eigenvalue weighted by molar-refractivity contribution is 14.1. The topological polar surface area (TPSA) is 126 Å². The quantitative estimate of drug-likeness (QED) is 0.219. The van der Waals surface area contributed by atoms with E-state index in [2.05, 4.69) is 15.6 Å². The minimum atomic E-state index is -4.35. The van der Waals surface area contributed by atoms with Gasteiger partial charge in [0.05, 0.1) is 16.9 Å². The number of benzene rings is 2. The lowest BCUT2D eigenvalue weighted by atomic mass is 9.99. The molecule has 0 bridgehead atoms. The molecule has 1 amide bonds. The number of hydrogen-bond donors (Lipinski definition) is 4. The van der Waals surface area contributed by atoms with E-state index in [1.165, 1.54) is 18.2 Å². The Morgan fingerprint density at radius 1 is 1.06 bits per heavy atom. The first-order valence-corrected chi connectivity index (χ1v) is 13.0. The molecule has 190 valence electrons. The van der Waals surface area contributed by atoms with Crippen molar-refractivity contribution in [2.24, 2.45) is 5.14 Å².